The van der Waals surface area contributed by atoms with Gasteiger partial charge < -0.3 is 10.6 Å². The van der Waals surface area contributed by atoms with Crippen molar-refractivity contribution in [3.05, 3.63) is 28.8 Å². The number of hydrogen-bond acceptors (Lipinski definition) is 2. The van der Waals surface area contributed by atoms with Crippen LogP contribution < -0.4 is 5.73 Å². The zero-order valence-electron chi connectivity index (χ0n) is 9.59. The van der Waals surface area contributed by atoms with Crippen molar-refractivity contribution in [3.8, 4) is 0 Å². The largest absolute Gasteiger partial charge is 0.406 e. The second-order valence-corrected chi connectivity index (χ2v) is 4.08. The molecule has 1 amide bonds. The number of rotatable bonds is 3. The summed E-state index contributed by atoms with van der Waals surface area (Å²) in [5, 5.41) is 0.143. The van der Waals surface area contributed by atoms with Crippen molar-refractivity contribution in [1.82, 2.24) is 4.90 Å². The van der Waals surface area contributed by atoms with Gasteiger partial charge in [0.05, 0.1) is 10.7 Å². The molecule has 0 aliphatic rings. The minimum absolute atomic E-state index is 0.0413. The quantitative estimate of drug-likeness (QED) is 0.865. The van der Waals surface area contributed by atoms with Gasteiger partial charge in [0.25, 0.3) is 5.91 Å². The zero-order chi connectivity index (χ0) is 13.9. The Morgan fingerprint density at radius 1 is 1.44 bits per heavy atom. The summed E-state index contributed by atoms with van der Waals surface area (Å²) in [6, 6.07) is 4.00. The van der Waals surface area contributed by atoms with Crippen LogP contribution in [0.25, 0.3) is 0 Å². The third-order valence-electron chi connectivity index (χ3n) is 2.29. The molecule has 0 aliphatic carbocycles. The van der Waals surface area contributed by atoms with Crippen molar-refractivity contribution < 1.29 is 18.0 Å². The molecule has 0 aromatic heterocycles. The third-order valence-corrected chi connectivity index (χ3v) is 2.61. The first-order valence-electron chi connectivity index (χ1n) is 5.15. The van der Waals surface area contributed by atoms with Gasteiger partial charge >= 0.3 is 6.18 Å². The van der Waals surface area contributed by atoms with E-state index < -0.39 is 18.6 Å². The minimum Gasteiger partial charge on any atom is -0.398 e. The first-order valence-corrected chi connectivity index (χ1v) is 5.53. The number of nitrogen functional groups attached to an aromatic ring is 1. The van der Waals surface area contributed by atoms with Crippen molar-refractivity contribution in [3.63, 3.8) is 0 Å². The lowest BCUT2D eigenvalue weighted by atomic mass is 10.2. The fourth-order valence-corrected chi connectivity index (χ4v) is 1.57. The fraction of sp³-hybridized carbons (Fsp3) is 0.364. The van der Waals surface area contributed by atoms with Crippen LogP contribution >= 0.6 is 11.6 Å². The summed E-state index contributed by atoms with van der Waals surface area (Å²) in [5.41, 5.74) is 5.82. The molecular formula is C11H12ClF3N2O. The van der Waals surface area contributed by atoms with Crippen LogP contribution in [0.15, 0.2) is 18.2 Å². The monoisotopic (exact) mass is 280 g/mol. The van der Waals surface area contributed by atoms with Crippen LogP contribution in [0.5, 0.6) is 0 Å². The molecule has 0 saturated carbocycles. The van der Waals surface area contributed by atoms with Crippen LogP contribution in [0.3, 0.4) is 0 Å². The molecule has 0 aliphatic heterocycles. The molecule has 7 heteroatoms. The van der Waals surface area contributed by atoms with Gasteiger partial charge in [0, 0.05) is 12.1 Å². The van der Waals surface area contributed by atoms with E-state index in [0.717, 1.165) is 0 Å². The topological polar surface area (TPSA) is 46.3 Å². The molecule has 1 aromatic rings. The van der Waals surface area contributed by atoms with Crippen LogP contribution in [0, 0.1) is 0 Å². The minimum atomic E-state index is -4.43. The molecule has 2 N–H and O–H groups in total. The van der Waals surface area contributed by atoms with E-state index in [2.05, 4.69) is 0 Å². The SMILES string of the molecule is CCN(CC(F)(F)F)C(=O)c1ccc(N)c(Cl)c1. The van der Waals surface area contributed by atoms with Gasteiger partial charge in [-0.3, -0.25) is 4.79 Å². The number of carbonyl (C=O) groups excluding carboxylic acids is 1. The molecule has 0 atom stereocenters. The normalized spacial score (nSPS) is 11.4. The Bertz CT molecular complexity index is 448. The van der Waals surface area contributed by atoms with E-state index in [0.29, 0.717) is 4.90 Å². The number of nitrogens with two attached hydrogens (primary N) is 1. The van der Waals surface area contributed by atoms with Crippen molar-refractivity contribution in [2.45, 2.75) is 13.1 Å². The highest BCUT2D eigenvalue weighted by Crippen LogP contribution is 2.22. The van der Waals surface area contributed by atoms with E-state index in [-0.39, 0.29) is 22.8 Å². The Morgan fingerprint density at radius 2 is 2.06 bits per heavy atom. The van der Waals surface area contributed by atoms with Gasteiger partial charge in [-0.15, -0.1) is 0 Å². The fourth-order valence-electron chi connectivity index (χ4n) is 1.39. The molecule has 18 heavy (non-hydrogen) atoms. The Hall–Kier alpha value is -1.43. The maximum atomic E-state index is 12.3. The number of hydrogen-bond donors (Lipinski definition) is 1. The average Bonchev–Trinajstić information content (AvgIpc) is 2.27. The molecule has 0 unspecified atom stereocenters. The summed E-state index contributed by atoms with van der Waals surface area (Å²) in [5.74, 6) is -0.725. The van der Waals surface area contributed by atoms with Crippen LogP contribution in [0.1, 0.15) is 17.3 Å². The number of benzene rings is 1. The van der Waals surface area contributed by atoms with Crippen LogP contribution in [-0.2, 0) is 0 Å². The average molecular weight is 281 g/mol. The summed E-state index contributed by atoms with van der Waals surface area (Å²) in [6.45, 7) is 0.146. The zero-order valence-corrected chi connectivity index (χ0v) is 10.3. The van der Waals surface area contributed by atoms with Crippen LogP contribution in [0.4, 0.5) is 18.9 Å². The predicted octanol–water partition coefficient (Wildman–Crippen LogP) is 2.95. The molecule has 3 nitrogen and oxygen atoms in total. The van der Waals surface area contributed by atoms with Gasteiger partial charge in [-0.1, -0.05) is 11.6 Å². The Kier molecular flexibility index (Phi) is 4.45. The van der Waals surface area contributed by atoms with Crippen molar-refractivity contribution in [2.75, 3.05) is 18.8 Å². The summed E-state index contributed by atoms with van der Waals surface area (Å²) < 4.78 is 36.8. The second-order valence-electron chi connectivity index (χ2n) is 3.67. The molecule has 0 radical (unpaired) electrons. The van der Waals surface area contributed by atoms with E-state index in [9.17, 15) is 18.0 Å². The van der Waals surface area contributed by atoms with Gasteiger partial charge in [-0.2, -0.15) is 13.2 Å². The highest BCUT2D eigenvalue weighted by Gasteiger charge is 2.32. The molecule has 1 rings (SSSR count). The van der Waals surface area contributed by atoms with Crippen molar-refractivity contribution in [2.24, 2.45) is 0 Å². The number of amides is 1. The number of anilines is 1. The molecule has 100 valence electrons. The highest BCUT2D eigenvalue weighted by molar-refractivity contribution is 6.33. The maximum absolute atomic E-state index is 12.3. The summed E-state index contributed by atoms with van der Waals surface area (Å²) in [6.07, 6.45) is -4.43. The van der Waals surface area contributed by atoms with Crippen molar-refractivity contribution >= 4 is 23.2 Å². The lowest BCUT2D eigenvalue weighted by molar-refractivity contribution is -0.140. The predicted molar refractivity (Wildman–Crippen MR) is 63.5 cm³/mol. The molecule has 0 saturated heterocycles. The summed E-state index contributed by atoms with van der Waals surface area (Å²) in [4.78, 5) is 12.5. The number of nitrogens with zero attached hydrogens (tertiary/aromatic N) is 1. The number of alkyl halides is 3. The van der Waals surface area contributed by atoms with E-state index in [1.54, 1.807) is 0 Å². The maximum Gasteiger partial charge on any atom is 0.406 e. The van der Waals surface area contributed by atoms with Gasteiger partial charge in [0.1, 0.15) is 6.54 Å². The van der Waals surface area contributed by atoms with Gasteiger partial charge in [0.15, 0.2) is 0 Å². The van der Waals surface area contributed by atoms with E-state index in [4.69, 9.17) is 17.3 Å². The molecule has 1 aromatic carbocycles. The van der Waals surface area contributed by atoms with Gasteiger partial charge in [0.2, 0.25) is 0 Å². The lowest BCUT2D eigenvalue weighted by Crippen LogP contribution is -2.38. The van der Waals surface area contributed by atoms with Gasteiger partial charge in [-0.05, 0) is 25.1 Å². The first-order chi connectivity index (χ1) is 8.24. The van der Waals surface area contributed by atoms with E-state index in [1.165, 1.54) is 25.1 Å². The molecular weight excluding hydrogens is 269 g/mol. The Morgan fingerprint density at radius 3 is 2.50 bits per heavy atom. The van der Waals surface area contributed by atoms with E-state index >= 15 is 0 Å². The smallest absolute Gasteiger partial charge is 0.398 e. The van der Waals surface area contributed by atoms with Crippen LogP contribution in [0.2, 0.25) is 5.02 Å². The second kappa shape index (κ2) is 5.48. The van der Waals surface area contributed by atoms with Crippen LogP contribution in [-0.4, -0.2) is 30.1 Å². The molecule has 0 spiro atoms. The number of halogens is 4. The molecule has 0 bridgehead atoms. The van der Waals surface area contributed by atoms with Gasteiger partial charge in [-0.25, -0.2) is 0 Å². The highest BCUT2D eigenvalue weighted by atomic mass is 35.5. The lowest BCUT2D eigenvalue weighted by Gasteiger charge is -2.22. The molecule has 0 heterocycles. The number of carbonyl (C=O) groups is 1. The Balaban J connectivity index is 2.93. The third kappa shape index (κ3) is 3.80. The molecule has 0 fully saturated rings. The summed E-state index contributed by atoms with van der Waals surface area (Å²) >= 11 is 5.72. The van der Waals surface area contributed by atoms with E-state index in [1.807, 2.05) is 0 Å². The first kappa shape index (κ1) is 14.6. The summed E-state index contributed by atoms with van der Waals surface area (Å²) in [7, 11) is 0. The Labute approximate surface area is 107 Å². The van der Waals surface area contributed by atoms with Crippen molar-refractivity contribution in [1.29, 1.82) is 0 Å². The standard InChI is InChI=1S/C11H12ClF3N2O/c1-2-17(6-11(13,14)15)10(18)7-3-4-9(16)8(12)5-7/h3-5H,2,6,16H2,1H3.